The van der Waals surface area contributed by atoms with Crippen LogP contribution in [0.25, 0.3) is 11.1 Å². The summed E-state index contributed by atoms with van der Waals surface area (Å²) in [4.78, 5) is 41.3. The number of nitrogens with one attached hydrogen (secondary N) is 1. The maximum atomic E-state index is 14.8. The highest BCUT2D eigenvalue weighted by molar-refractivity contribution is 5.94. The molecule has 10 rings (SSSR count). The zero-order chi connectivity index (χ0) is 44.7. The van der Waals surface area contributed by atoms with Gasteiger partial charge in [-0.1, -0.05) is 27.7 Å². The summed E-state index contributed by atoms with van der Waals surface area (Å²) >= 11 is 0. The zero-order valence-corrected chi connectivity index (χ0v) is 38.4. The van der Waals surface area contributed by atoms with Crippen LogP contribution in [0.15, 0.2) is 36.9 Å². The summed E-state index contributed by atoms with van der Waals surface area (Å²) in [5.74, 6) is 0.710. The molecule has 0 atom stereocenters. The number of likely N-dealkylation sites (tertiary alicyclic amines) is 1. The Kier molecular flexibility index (Phi) is 10.9. The molecule has 3 aromatic heterocycles. The molecule has 15 heteroatoms. The van der Waals surface area contributed by atoms with Crippen LogP contribution in [0.3, 0.4) is 0 Å². The average molecular weight is 879 g/mol. The molecule has 0 unspecified atom stereocenters. The van der Waals surface area contributed by atoms with Crippen LogP contribution < -0.4 is 15.0 Å². The van der Waals surface area contributed by atoms with E-state index >= 15 is 0 Å². The van der Waals surface area contributed by atoms with Crippen LogP contribution in [0.1, 0.15) is 144 Å². The minimum Gasteiger partial charge on any atom is -0.460 e. The van der Waals surface area contributed by atoms with Gasteiger partial charge in [0.15, 0.2) is 5.82 Å². The Morgan fingerprint density at radius 2 is 1.62 bits per heavy atom. The van der Waals surface area contributed by atoms with Crippen LogP contribution in [0.5, 0.6) is 6.01 Å². The Hall–Kier alpha value is -4.92. The number of aryl methyl sites for hydroxylation is 2. The van der Waals surface area contributed by atoms with Gasteiger partial charge in [-0.05, 0) is 110 Å². The van der Waals surface area contributed by atoms with E-state index in [-0.39, 0.29) is 46.4 Å². The molecule has 0 radical (unpaired) electrons. The van der Waals surface area contributed by atoms with Gasteiger partial charge < -0.3 is 24.8 Å². The topological polar surface area (TPSA) is 127 Å². The monoisotopic (exact) mass is 879 g/mol. The van der Waals surface area contributed by atoms with E-state index in [4.69, 9.17) is 9.84 Å². The van der Waals surface area contributed by atoms with Gasteiger partial charge in [0.05, 0.1) is 24.3 Å². The SMILES string of the molecule is CC(=O)N1CCc2c(c(N3CCCc4cc(-c5cnn(C)c5)c(C(F)F)cc43)nn2C2CCN(C3CC4(CCC(Oc5ncc(C(=O)NC6C(C)(C)CC6(C)C)cn5)CC4)C3)CC2)C1. The quantitative estimate of drug-likeness (QED) is 0.177. The Bertz CT molecular complexity index is 2390. The van der Waals surface area contributed by atoms with E-state index < -0.39 is 6.43 Å². The number of carbonyl (C=O) groups is 2. The molecule has 3 aliphatic heterocycles. The van der Waals surface area contributed by atoms with Crippen molar-refractivity contribution in [2.75, 3.05) is 31.1 Å². The molecule has 3 aliphatic carbocycles. The van der Waals surface area contributed by atoms with Crippen molar-refractivity contribution < 1.29 is 23.1 Å². The lowest BCUT2D eigenvalue weighted by molar-refractivity contribution is -0.129. The summed E-state index contributed by atoms with van der Waals surface area (Å²) in [6.07, 6.45) is 16.2. The fourth-order valence-electron chi connectivity index (χ4n) is 13.1. The van der Waals surface area contributed by atoms with Gasteiger partial charge in [0, 0.05) is 105 Å². The number of ether oxygens (including phenoxy) is 1. The number of rotatable bonds is 9. The maximum Gasteiger partial charge on any atom is 0.316 e. The summed E-state index contributed by atoms with van der Waals surface area (Å²) in [5, 5.41) is 12.9. The Balaban J connectivity index is 0.763. The van der Waals surface area contributed by atoms with Gasteiger partial charge in [0.2, 0.25) is 5.91 Å². The van der Waals surface area contributed by atoms with E-state index in [0.717, 1.165) is 99.9 Å². The summed E-state index contributed by atoms with van der Waals surface area (Å²) in [6.45, 7) is 14.3. The zero-order valence-electron chi connectivity index (χ0n) is 38.4. The van der Waals surface area contributed by atoms with Crippen molar-refractivity contribution in [2.24, 2.45) is 23.3 Å². The first-order chi connectivity index (χ1) is 30.6. The molecule has 6 heterocycles. The van der Waals surface area contributed by atoms with Crippen molar-refractivity contribution in [2.45, 2.75) is 149 Å². The highest BCUT2D eigenvalue weighted by Crippen LogP contribution is 2.55. The lowest BCUT2D eigenvalue weighted by Crippen LogP contribution is -2.63. The molecule has 1 N–H and O–H groups in total. The van der Waals surface area contributed by atoms with Crippen molar-refractivity contribution in [1.82, 2.24) is 44.6 Å². The van der Waals surface area contributed by atoms with E-state index in [2.05, 4.69) is 62.6 Å². The Labute approximate surface area is 375 Å². The number of piperidine rings is 1. The molecule has 4 fully saturated rings. The van der Waals surface area contributed by atoms with Gasteiger partial charge in [0.1, 0.15) is 6.10 Å². The molecule has 1 spiro atoms. The second kappa shape index (κ2) is 16.2. The van der Waals surface area contributed by atoms with Gasteiger partial charge in [-0.2, -0.15) is 10.2 Å². The summed E-state index contributed by atoms with van der Waals surface area (Å²) in [7, 11) is 1.80. The lowest BCUT2D eigenvalue weighted by atomic mass is 9.52. The van der Waals surface area contributed by atoms with Crippen molar-refractivity contribution in [1.29, 1.82) is 0 Å². The molecule has 1 aromatic carbocycles. The third-order valence-electron chi connectivity index (χ3n) is 16.0. The number of hydrogen-bond acceptors (Lipinski definition) is 9. The molecule has 342 valence electrons. The third kappa shape index (κ3) is 7.86. The first kappa shape index (κ1) is 43.0. The highest BCUT2D eigenvalue weighted by atomic mass is 19.3. The fourth-order valence-corrected chi connectivity index (χ4v) is 13.1. The van der Waals surface area contributed by atoms with Crippen LogP contribution in [0, 0.1) is 16.2 Å². The maximum absolute atomic E-state index is 14.8. The summed E-state index contributed by atoms with van der Waals surface area (Å²) < 4.78 is 39.7. The van der Waals surface area contributed by atoms with E-state index in [0.29, 0.717) is 53.8 Å². The number of aromatic nitrogens is 6. The second-order valence-corrected chi connectivity index (χ2v) is 21.4. The molecular weight excluding hydrogens is 815 g/mol. The molecule has 6 aliphatic rings. The number of benzene rings is 1. The molecule has 13 nitrogen and oxygen atoms in total. The van der Waals surface area contributed by atoms with Gasteiger partial charge in [-0.15, -0.1) is 0 Å². The van der Waals surface area contributed by atoms with Crippen molar-refractivity contribution in [3.8, 4) is 17.1 Å². The fraction of sp³-hybridized carbons (Fsp3) is 0.633. The first-order valence-electron chi connectivity index (χ1n) is 23.7. The number of halogens is 2. The number of hydrogen-bond donors (Lipinski definition) is 1. The van der Waals surface area contributed by atoms with Crippen LogP contribution >= 0.6 is 0 Å². The minimum atomic E-state index is -2.65. The molecule has 0 bridgehead atoms. The van der Waals surface area contributed by atoms with Crippen molar-refractivity contribution in [3.05, 3.63) is 64.9 Å². The van der Waals surface area contributed by atoms with Crippen molar-refractivity contribution >= 4 is 23.3 Å². The first-order valence-corrected chi connectivity index (χ1v) is 23.7. The number of amides is 2. The van der Waals surface area contributed by atoms with Crippen LogP contribution in [0.4, 0.5) is 20.3 Å². The minimum absolute atomic E-state index is 0.0000174. The molecule has 64 heavy (non-hydrogen) atoms. The third-order valence-corrected chi connectivity index (χ3v) is 16.0. The second-order valence-electron chi connectivity index (χ2n) is 21.4. The Morgan fingerprint density at radius 3 is 2.27 bits per heavy atom. The average Bonchev–Trinajstić information content (AvgIpc) is 3.87. The summed E-state index contributed by atoms with van der Waals surface area (Å²) in [5.41, 5.74) is 6.24. The van der Waals surface area contributed by atoms with E-state index in [9.17, 15) is 18.4 Å². The van der Waals surface area contributed by atoms with Crippen LogP contribution in [-0.2, 0) is 31.2 Å². The van der Waals surface area contributed by atoms with Crippen molar-refractivity contribution in [3.63, 3.8) is 0 Å². The number of fused-ring (bicyclic) bond motifs is 2. The molecule has 2 amide bonds. The Morgan fingerprint density at radius 1 is 0.906 bits per heavy atom. The predicted octanol–water partition coefficient (Wildman–Crippen LogP) is 8.36. The number of nitrogens with zero attached hydrogens (tertiary/aromatic N) is 9. The number of alkyl halides is 2. The number of carbonyl (C=O) groups excluding carboxylic acids is 2. The van der Waals surface area contributed by atoms with Crippen LogP contribution in [0.2, 0.25) is 0 Å². The smallest absolute Gasteiger partial charge is 0.316 e. The van der Waals surface area contributed by atoms with E-state index in [1.165, 1.54) is 18.5 Å². The van der Waals surface area contributed by atoms with Gasteiger partial charge >= 0.3 is 6.01 Å². The van der Waals surface area contributed by atoms with Gasteiger partial charge in [0.25, 0.3) is 12.3 Å². The lowest BCUT2D eigenvalue weighted by Gasteiger charge is -2.57. The molecular formula is C49H64F2N10O3. The highest BCUT2D eigenvalue weighted by Gasteiger charge is 2.54. The van der Waals surface area contributed by atoms with Crippen LogP contribution in [-0.4, -0.2) is 95.5 Å². The molecule has 1 saturated heterocycles. The number of anilines is 2. The van der Waals surface area contributed by atoms with E-state index in [1.54, 1.807) is 49.5 Å². The standard InChI is InChI=1S/C49H64F2N10O3/c1-30(62)59-19-13-40-39(28-59)43(60-16-7-8-31-20-37(33-26-54-57(6)27-33)38(42(50)51)21-41(31)60)56-61(40)34-11-17-58(18-12-34)35-22-49(23-35)14-9-36(10-15-49)64-46-52-24-32(25-53-46)44(63)55-45-47(2,3)29-48(45,4)5/h20-21,24-27,34-36,42,45H,7-19,22-23,28-29H2,1-6H3,(H,55,63). The van der Waals surface area contributed by atoms with E-state index in [1.807, 2.05) is 11.0 Å². The molecule has 3 saturated carbocycles. The predicted molar refractivity (Wildman–Crippen MR) is 240 cm³/mol. The van der Waals surface area contributed by atoms with Gasteiger partial charge in [-0.3, -0.25) is 19.0 Å². The largest absolute Gasteiger partial charge is 0.460 e. The van der Waals surface area contributed by atoms with Gasteiger partial charge in [-0.25, -0.2) is 18.7 Å². The molecule has 4 aromatic rings. The summed E-state index contributed by atoms with van der Waals surface area (Å²) in [6, 6.07) is 4.89. The normalized spacial score (nSPS) is 25.7.